The molecule has 3 rings (SSSR count). The second-order valence-corrected chi connectivity index (χ2v) is 4.58. The van der Waals surface area contributed by atoms with Gasteiger partial charge in [0.2, 0.25) is 0 Å². The van der Waals surface area contributed by atoms with Crippen molar-refractivity contribution in [3.63, 3.8) is 0 Å². The van der Waals surface area contributed by atoms with E-state index < -0.39 is 0 Å². The first kappa shape index (κ1) is 9.57. The Labute approximate surface area is 93.9 Å². The Hall–Kier alpha value is -1.65. The van der Waals surface area contributed by atoms with Crippen LogP contribution in [-0.4, -0.2) is 26.3 Å². The molecule has 0 saturated heterocycles. The summed E-state index contributed by atoms with van der Waals surface area (Å²) in [6.45, 7) is 3.29. The van der Waals surface area contributed by atoms with Crippen LogP contribution in [0.15, 0.2) is 12.5 Å². The average Bonchev–Trinajstić information content (AvgIpc) is 2.86. The summed E-state index contributed by atoms with van der Waals surface area (Å²) >= 11 is 0. The van der Waals surface area contributed by atoms with Crippen molar-refractivity contribution in [1.82, 2.24) is 19.7 Å². The van der Waals surface area contributed by atoms with Crippen molar-refractivity contribution in [2.75, 3.05) is 11.9 Å². The Bertz CT molecular complexity index is 518. The molecule has 2 heterocycles. The highest BCUT2D eigenvalue weighted by Crippen LogP contribution is 2.37. The van der Waals surface area contributed by atoms with Gasteiger partial charge in [-0.15, -0.1) is 0 Å². The minimum atomic E-state index is 0.807. The van der Waals surface area contributed by atoms with E-state index in [1.165, 1.54) is 6.42 Å². The first-order chi connectivity index (χ1) is 7.75. The third kappa shape index (κ3) is 1.52. The summed E-state index contributed by atoms with van der Waals surface area (Å²) in [5.41, 5.74) is 0.876. The van der Waals surface area contributed by atoms with Gasteiger partial charge in [-0.1, -0.05) is 6.92 Å². The lowest BCUT2D eigenvalue weighted by atomic mass is 10.3. The molecular weight excluding hydrogens is 202 g/mol. The van der Waals surface area contributed by atoms with Crippen molar-refractivity contribution in [1.29, 1.82) is 0 Å². The van der Waals surface area contributed by atoms with E-state index >= 15 is 0 Å². The molecule has 0 radical (unpaired) electrons. The molecule has 1 N–H and O–H groups in total. The maximum Gasteiger partial charge on any atom is 0.163 e. The predicted octanol–water partition coefficient (Wildman–Crippen LogP) is 1.43. The molecule has 0 aliphatic heterocycles. The van der Waals surface area contributed by atoms with Gasteiger partial charge in [0.1, 0.15) is 12.1 Å². The lowest BCUT2D eigenvalue weighted by Gasteiger charge is -2.04. The highest BCUT2D eigenvalue weighted by Gasteiger charge is 2.32. The molecule has 2 aromatic rings. The molecule has 1 aliphatic rings. The Morgan fingerprint density at radius 3 is 3.06 bits per heavy atom. The number of hydrogen-bond donors (Lipinski definition) is 1. The van der Waals surface area contributed by atoms with Gasteiger partial charge in [-0.2, -0.15) is 5.10 Å². The minimum Gasteiger partial charge on any atom is -0.369 e. The number of hydrogen-bond acceptors (Lipinski definition) is 4. The average molecular weight is 217 g/mol. The molecule has 2 atom stereocenters. The molecule has 1 saturated carbocycles. The number of aryl methyl sites for hydroxylation is 1. The largest absolute Gasteiger partial charge is 0.369 e. The van der Waals surface area contributed by atoms with Gasteiger partial charge in [-0.25, -0.2) is 9.97 Å². The first-order valence-corrected chi connectivity index (χ1v) is 5.62. The second kappa shape index (κ2) is 3.43. The van der Waals surface area contributed by atoms with Gasteiger partial charge in [0, 0.05) is 13.6 Å². The lowest BCUT2D eigenvalue weighted by molar-refractivity contribution is 0.782. The van der Waals surface area contributed by atoms with E-state index in [9.17, 15) is 0 Å². The van der Waals surface area contributed by atoms with Crippen molar-refractivity contribution in [2.45, 2.75) is 13.3 Å². The van der Waals surface area contributed by atoms with Gasteiger partial charge in [0.15, 0.2) is 5.65 Å². The van der Waals surface area contributed by atoms with Gasteiger partial charge in [0.25, 0.3) is 0 Å². The van der Waals surface area contributed by atoms with Crippen LogP contribution in [-0.2, 0) is 7.05 Å². The predicted molar refractivity (Wildman–Crippen MR) is 62.1 cm³/mol. The monoisotopic (exact) mass is 217 g/mol. The van der Waals surface area contributed by atoms with Crippen molar-refractivity contribution in [3.05, 3.63) is 12.5 Å². The van der Waals surface area contributed by atoms with Crippen LogP contribution < -0.4 is 5.32 Å². The highest BCUT2D eigenvalue weighted by molar-refractivity contribution is 5.85. The smallest absolute Gasteiger partial charge is 0.163 e. The molecule has 1 fully saturated rings. The van der Waals surface area contributed by atoms with Gasteiger partial charge in [-0.3, -0.25) is 4.68 Å². The van der Waals surface area contributed by atoms with Crippen LogP contribution in [0, 0.1) is 11.8 Å². The maximum absolute atomic E-state index is 4.27. The zero-order valence-corrected chi connectivity index (χ0v) is 9.51. The van der Waals surface area contributed by atoms with Gasteiger partial charge < -0.3 is 5.32 Å². The number of nitrogens with one attached hydrogen (secondary N) is 1. The van der Waals surface area contributed by atoms with Crippen LogP contribution in [0.4, 0.5) is 5.82 Å². The fraction of sp³-hybridized carbons (Fsp3) is 0.545. The molecule has 0 amide bonds. The number of anilines is 1. The summed E-state index contributed by atoms with van der Waals surface area (Å²) in [6.07, 6.45) is 4.73. The van der Waals surface area contributed by atoms with Crippen LogP contribution in [0.2, 0.25) is 0 Å². The Kier molecular flexibility index (Phi) is 2.05. The summed E-state index contributed by atoms with van der Waals surface area (Å²) in [5.74, 6) is 2.57. The summed E-state index contributed by atoms with van der Waals surface area (Å²) in [6, 6.07) is 0. The Morgan fingerprint density at radius 2 is 2.31 bits per heavy atom. The SMILES string of the molecule is CC1CC1CNc1ncnc2c1cnn2C. The second-order valence-electron chi connectivity index (χ2n) is 4.58. The van der Waals surface area contributed by atoms with E-state index in [1.807, 2.05) is 13.2 Å². The van der Waals surface area contributed by atoms with Gasteiger partial charge in [0.05, 0.1) is 11.6 Å². The molecule has 2 unspecified atom stereocenters. The molecule has 0 bridgehead atoms. The van der Waals surface area contributed by atoms with Crippen LogP contribution in [0.3, 0.4) is 0 Å². The topological polar surface area (TPSA) is 55.6 Å². The number of nitrogens with zero attached hydrogens (tertiary/aromatic N) is 4. The Morgan fingerprint density at radius 1 is 1.50 bits per heavy atom. The minimum absolute atomic E-state index is 0.807. The molecule has 5 heteroatoms. The van der Waals surface area contributed by atoms with Gasteiger partial charge in [-0.05, 0) is 18.3 Å². The zero-order chi connectivity index (χ0) is 11.1. The van der Waals surface area contributed by atoms with Crippen LogP contribution in [0.25, 0.3) is 11.0 Å². The molecule has 84 valence electrons. The molecule has 16 heavy (non-hydrogen) atoms. The fourth-order valence-corrected chi connectivity index (χ4v) is 2.01. The van der Waals surface area contributed by atoms with Crippen molar-refractivity contribution in [2.24, 2.45) is 18.9 Å². The van der Waals surface area contributed by atoms with Crippen LogP contribution in [0.1, 0.15) is 13.3 Å². The number of fused-ring (bicyclic) bond motifs is 1. The first-order valence-electron chi connectivity index (χ1n) is 5.62. The van der Waals surface area contributed by atoms with Crippen molar-refractivity contribution < 1.29 is 0 Å². The Balaban J connectivity index is 1.85. The zero-order valence-electron chi connectivity index (χ0n) is 9.51. The van der Waals surface area contributed by atoms with E-state index in [1.54, 1.807) is 11.0 Å². The molecule has 1 aliphatic carbocycles. The standard InChI is InChI=1S/C11H15N5/c1-7-3-8(7)4-12-10-9-5-15-16(2)11(9)14-6-13-10/h5-8H,3-4H2,1-2H3,(H,12,13,14). The molecule has 0 aromatic carbocycles. The van der Waals surface area contributed by atoms with Gasteiger partial charge >= 0.3 is 0 Å². The van der Waals surface area contributed by atoms with E-state index in [0.29, 0.717) is 0 Å². The van der Waals surface area contributed by atoms with E-state index in [4.69, 9.17) is 0 Å². The third-order valence-electron chi connectivity index (χ3n) is 3.34. The quantitative estimate of drug-likeness (QED) is 0.845. The van der Waals surface area contributed by atoms with Crippen LogP contribution >= 0.6 is 0 Å². The third-order valence-corrected chi connectivity index (χ3v) is 3.34. The highest BCUT2D eigenvalue weighted by atomic mass is 15.3. The molecule has 5 nitrogen and oxygen atoms in total. The molecule has 0 spiro atoms. The number of rotatable bonds is 3. The summed E-state index contributed by atoms with van der Waals surface area (Å²) < 4.78 is 1.77. The van der Waals surface area contributed by atoms with E-state index in [0.717, 1.165) is 35.2 Å². The van der Waals surface area contributed by atoms with Crippen molar-refractivity contribution in [3.8, 4) is 0 Å². The number of aromatic nitrogens is 4. The summed E-state index contributed by atoms with van der Waals surface area (Å²) in [7, 11) is 1.89. The summed E-state index contributed by atoms with van der Waals surface area (Å²) in [5, 5.41) is 8.58. The van der Waals surface area contributed by atoms with Crippen molar-refractivity contribution >= 4 is 16.9 Å². The molecular formula is C11H15N5. The lowest BCUT2D eigenvalue weighted by Crippen LogP contribution is -2.06. The summed E-state index contributed by atoms with van der Waals surface area (Å²) in [4.78, 5) is 8.48. The fourth-order valence-electron chi connectivity index (χ4n) is 2.01. The normalized spacial score (nSPS) is 23.6. The molecule has 2 aromatic heterocycles. The van der Waals surface area contributed by atoms with Crippen LogP contribution in [0.5, 0.6) is 0 Å². The van der Waals surface area contributed by atoms with E-state index in [-0.39, 0.29) is 0 Å². The maximum atomic E-state index is 4.27. The van der Waals surface area contributed by atoms with E-state index in [2.05, 4.69) is 27.3 Å².